The number of pyridine rings is 1. The summed E-state index contributed by atoms with van der Waals surface area (Å²) in [6.07, 6.45) is 0.793. The van der Waals surface area contributed by atoms with Crippen molar-refractivity contribution < 1.29 is 23.0 Å². The van der Waals surface area contributed by atoms with E-state index >= 15 is 0 Å². The number of carbonyl (C=O) groups is 1. The van der Waals surface area contributed by atoms with Gasteiger partial charge in [0, 0.05) is 24.7 Å². The number of rotatable bonds is 6. The molecule has 0 spiro atoms. The summed E-state index contributed by atoms with van der Waals surface area (Å²) >= 11 is 0. The van der Waals surface area contributed by atoms with E-state index in [0.29, 0.717) is 48.8 Å². The third-order valence-electron chi connectivity index (χ3n) is 4.72. The monoisotopic (exact) mass is 413 g/mol. The molecule has 0 unspecified atom stereocenters. The highest BCUT2D eigenvalue weighted by molar-refractivity contribution is 5.86. The lowest BCUT2D eigenvalue weighted by Crippen LogP contribution is -2.32. The lowest BCUT2D eigenvalue weighted by Gasteiger charge is -2.29. The fourth-order valence-electron chi connectivity index (χ4n) is 3.11. The van der Waals surface area contributed by atoms with Gasteiger partial charge in [0.25, 0.3) is 0 Å². The zero-order valence-electron chi connectivity index (χ0n) is 16.5. The van der Waals surface area contributed by atoms with Crippen molar-refractivity contribution in [2.45, 2.75) is 26.4 Å². The second-order valence-corrected chi connectivity index (χ2v) is 6.67. The van der Waals surface area contributed by atoms with Gasteiger partial charge < -0.3 is 14.4 Å². The van der Waals surface area contributed by atoms with Crippen molar-refractivity contribution in [3.05, 3.63) is 64.7 Å². The van der Waals surface area contributed by atoms with Crippen LogP contribution in [0.5, 0.6) is 5.88 Å². The lowest BCUT2D eigenvalue weighted by molar-refractivity contribution is -0.140. The van der Waals surface area contributed by atoms with E-state index in [9.17, 15) is 13.6 Å². The zero-order chi connectivity index (χ0) is 21.5. The van der Waals surface area contributed by atoms with Gasteiger partial charge in [-0.2, -0.15) is 14.6 Å². The molecule has 0 amide bonds. The number of aromatic nitrogens is 1. The molecule has 2 aromatic rings. The van der Waals surface area contributed by atoms with Crippen LogP contribution in [0.25, 0.3) is 0 Å². The molecule has 0 bridgehead atoms. The van der Waals surface area contributed by atoms with Gasteiger partial charge in [-0.3, -0.25) is 0 Å². The minimum absolute atomic E-state index is 0.0222. The van der Waals surface area contributed by atoms with Crippen molar-refractivity contribution in [3.8, 4) is 11.9 Å². The number of piperidine rings is 1. The van der Waals surface area contributed by atoms with Crippen LogP contribution in [0.2, 0.25) is 0 Å². The molecule has 1 fully saturated rings. The Morgan fingerprint density at radius 2 is 2.03 bits per heavy atom. The number of ether oxygens (including phenoxy) is 2. The van der Waals surface area contributed by atoms with Crippen LogP contribution in [-0.4, -0.2) is 30.6 Å². The second kappa shape index (κ2) is 9.83. The minimum Gasteiger partial charge on any atom is -0.473 e. The van der Waals surface area contributed by atoms with E-state index in [0.717, 1.165) is 6.07 Å². The Bertz CT molecular complexity index is 991. The molecule has 0 N–H and O–H groups in total. The van der Waals surface area contributed by atoms with Gasteiger partial charge in [0.15, 0.2) is 0 Å². The summed E-state index contributed by atoms with van der Waals surface area (Å²) in [4.78, 5) is 18.0. The Labute approximate surface area is 173 Å². The van der Waals surface area contributed by atoms with Gasteiger partial charge in [-0.15, -0.1) is 0 Å². The third kappa shape index (κ3) is 5.11. The summed E-state index contributed by atoms with van der Waals surface area (Å²) in [5, 5.41) is 8.80. The molecule has 2 heterocycles. The molecule has 156 valence electrons. The Hall–Kier alpha value is -3.47. The molecule has 3 rings (SSSR count). The smallest absolute Gasteiger partial charge is 0.367 e. The summed E-state index contributed by atoms with van der Waals surface area (Å²) < 4.78 is 38.4. The van der Waals surface area contributed by atoms with Crippen molar-refractivity contribution in [2.75, 3.05) is 24.6 Å². The van der Waals surface area contributed by atoms with Gasteiger partial charge in [-0.1, -0.05) is 12.1 Å². The van der Waals surface area contributed by atoms with Crippen LogP contribution >= 0.6 is 0 Å². The van der Waals surface area contributed by atoms with Crippen molar-refractivity contribution in [1.82, 2.24) is 4.98 Å². The van der Waals surface area contributed by atoms with Gasteiger partial charge in [-0.05, 0) is 43.5 Å². The predicted octanol–water partition coefficient (Wildman–Crippen LogP) is 4.06. The summed E-state index contributed by atoms with van der Waals surface area (Å²) in [6.45, 7) is 2.75. The van der Waals surface area contributed by atoms with Crippen LogP contribution < -0.4 is 9.64 Å². The molecule has 1 aromatic carbocycles. The summed E-state index contributed by atoms with van der Waals surface area (Å²) in [5.74, 6) is -1.24. The van der Waals surface area contributed by atoms with Crippen molar-refractivity contribution in [1.29, 1.82) is 5.26 Å². The molecule has 0 atom stereocenters. The fraction of sp³-hybridized carbons (Fsp3) is 0.318. The highest BCUT2D eigenvalue weighted by Gasteiger charge is 2.22. The number of hydrogen-bond acceptors (Lipinski definition) is 6. The summed E-state index contributed by atoms with van der Waals surface area (Å²) in [5.41, 5.74) is 1.02. The number of anilines is 1. The van der Waals surface area contributed by atoms with E-state index in [2.05, 4.69) is 4.98 Å². The van der Waals surface area contributed by atoms with Gasteiger partial charge in [-0.25, -0.2) is 9.18 Å². The van der Waals surface area contributed by atoms with E-state index in [1.165, 1.54) is 12.1 Å². The third-order valence-corrected chi connectivity index (χ3v) is 4.72. The molecule has 1 saturated heterocycles. The average Bonchev–Trinajstić information content (AvgIpc) is 2.78. The number of nitriles is 1. The first kappa shape index (κ1) is 21.2. The van der Waals surface area contributed by atoms with Crippen molar-refractivity contribution >= 4 is 11.8 Å². The normalized spacial score (nSPS) is 13.5. The van der Waals surface area contributed by atoms with Crippen LogP contribution in [-0.2, 0) is 16.1 Å². The largest absolute Gasteiger partial charge is 0.473 e. The van der Waals surface area contributed by atoms with Crippen LogP contribution in [0.15, 0.2) is 47.8 Å². The molecule has 6 nitrogen and oxygen atoms in total. The zero-order valence-corrected chi connectivity index (χ0v) is 16.5. The number of hydrogen-bond donors (Lipinski definition) is 0. The van der Waals surface area contributed by atoms with E-state index in [1.54, 1.807) is 19.1 Å². The first-order chi connectivity index (χ1) is 14.5. The van der Waals surface area contributed by atoms with Crippen LogP contribution in [0.4, 0.5) is 14.6 Å². The van der Waals surface area contributed by atoms with E-state index in [-0.39, 0.29) is 18.8 Å². The predicted molar refractivity (Wildman–Crippen MR) is 106 cm³/mol. The standard InChI is InChI=1S/C22H21F2N3O3/c1-2-29-22(28)21(24)16-8-10-27(11-9-16)19-4-3-5-20(26-19)30-14-17-7-6-15(13-25)12-18(17)23/h3-7,12H,2,8-11,14H2,1H3. The average molecular weight is 413 g/mol. The number of carbonyl (C=O) groups excluding carboxylic acids is 1. The number of halogens is 2. The maximum atomic E-state index is 14.1. The first-order valence-corrected chi connectivity index (χ1v) is 9.59. The fourth-order valence-corrected chi connectivity index (χ4v) is 3.11. The highest BCUT2D eigenvalue weighted by Crippen LogP contribution is 2.26. The molecule has 0 saturated carbocycles. The lowest BCUT2D eigenvalue weighted by atomic mass is 10.0. The molecule has 30 heavy (non-hydrogen) atoms. The molecule has 8 heteroatoms. The van der Waals surface area contributed by atoms with Crippen molar-refractivity contribution in [3.63, 3.8) is 0 Å². The summed E-state index contributed by atoms with van der Waals surface area (Å²) in [7, 11) is 0. The second-order valence-electron chi connectivity index (χ2n) is 6.67. The maximum Gasteiger partial charge on any atom is 0.367 e. The van der Waals surface area contributed by atoms with Crippen LogP contribution in [0, 0.1) is 17.1 Å². The Morgan fingerprint density at radius 1 is 1.27 bits per heavy atom. The van der Waals surface area contributed by atoms with Crippen LogP contribution in [0.1, 0.15) is 30.9 Å². The van der Waals surface area contributed by atoms with Gasteiger partial charge in [0.05, 0.1) is 18.2 Å². The molecule has 1 aliphatic heterocycles. The van der Waals surface area contributed by atoms with Gasteiger partial charge >= 0.3 is 5.97 Å². The summed E-state index contributed by atoms with van der Waals surface area (Å²) in [6, 6.07) is 11.3. The SMILES string of the molecule is CCOC(=O)C(F)=C1CCN(c2cccc(OCc3ccc(C#N)cc3F)n2)CC1. The molecule has 0 aliphatic carbocycles. The molecule has 0 radical (unpaired) electrons. The topological polar surface area (TPSA) is 75.4 Å². The van der Waals surface area contributed by atoms with Crippen molar-refractivity contribution in [2.24, 2.45) is 0 Å². The quantitative estimate of drug-likeness (QED) is 0.525. The number of benzene rings is 1. The minimum atomic E-state index is -0.912. The Kier molecular flexibility index (Phi) is 6.96. The first-order valence-electron chi connectivity index (χ1n) is 9.59. The Morgan fingerprint density at radius 3 is 2.70 bits per heavy atom. The number of esters is 1. The molecule has 1 aromatic heterocycles. The highest BCUT2D eigenvalue weighted by atomic mass is 19.1. The number of nitrogens with zero attached hydrogens (tertiary/aromatic N) is 3. The van der Waals surface area contributed by atoms with E-state index < -0.39 is 17.6 Å². The maximum absolute atomic E-state index is 14.1. The van der Waals surface area contributed by atoms with Crippen LogP contribution in [0.3, 0.4) is 0 Å². The van der Waals surface area contributed by atoms with Gasteiger partial charge in [0.2, 0.25) is 11.7 Å². The molecular weight excluding hydrogens is 392 g/mol. The van der Waals surface area contributed by atoms with E-state index in [1.807, 2.05) is 17.0 Å². The molecule has 1 aliphatic rings. The van der Waals surface area contributed by atoms with Gasteiger partial charge in [0.1, 0.15) is 18.2 Å². The Balaban J connectivity index is 1.62. The van der Waals surface area contributed by atoms with E-state index in [4.69, 9.17) is 14.7 Å². The molecular formula is C22H21F2N3O3.